The first kappa shape index (κ1) is 10.2. The lowest BCUT2D eigenvalue weighted by molar-refractivity contribution is 0.0952. The molecule has 82 valence electrons. The third kappa shape index (κ3) is 2.17. The predicted octanol–water partition coefficient (Wildman–Crippen LogP) is 0.317. The summed E-state index contributed by atoms with van der Waals surface area (Å²) in [4.78, 5) is 15.6. The van der Waals surface area contributed by atoms with E-state index >= 15 is 0 Å². The number of hydrogen-bond acceptors (Lipinski definition) is 4. The van der Waals surface area contributed by atoms with Crippen molar-refractivity contribution in [3.8, 4) is 0 Å². The maximum absolute atomic E-state index is 11.6. The zero-order valence-corrected chi connectivity index (χ0v) is 8.47. The Morgan fingerprint density at radius 2 is 2.38 bits per heavy atom. The number of nitrogens with zero attached hydrogens (tertiary/aromatic N) is 2. The number of pyridine rings is 1. The summed E-state index contributed by atoms with van der Waals surface area (Å²) in [6.45, 7) is 0.414. The van der Waals surface area contributed by atoms with E-state index in [4.69, 9.17) is 5.73 Å². The molecule has 0 spiro atoms. The predicted molar refractivity (Wildman–Crippen MR) is 58.4 cm³/mol. The van der Waals surface area contributed by atoms with Gasteiger partial charge in [0, 0.05) is 18.9 Å². The SMILES string of the molecule is Nc1[nH]ncc1C(=O)NCc1cccnc1. The van der Waals surface area contributed by atoms with Gasteiger partial charge in [-0.05, 0) is 11.6 Å². The number of H-pyrrole nitrogens is 1. The Balaban J connectivity index is 1.97. The van der Waals surface area contributed by atoms with E-state index in [0.717, 1.165) is 5.56 Å². The lowest BCUT2D eigenvalue weighted by atomic mass is 10.2. The first-order valence-corrected chi connectivity index (χ1v) is 4.73. The van der Waals surface area contributed by atoms with Crippen molar-refractivity contribution >= 4 is 11.7 Å². The van der Waals surface area contributed by atoms with Crippen molar-refractivity contribution in [3.63, 3.8) is 0 Å². The van der Waals surface area contributed by atoms with Crippen LogP contribution in [0.3, 0.4) is 0 Å². The number of aromatic amines is 1. The van der Waals surface area contributed by atoms with Gasteiger partial charge in [0.1, 0.15) is 11.4 Å². The van der Waals surface area contributed by atoms with E-state index in [-0.39, 0.29) is 11.7 Å². The van der Waals surface area contributed by atoms with Gasteiger partial charge in [0.15, 0.2) is 0 Å². The van der Waals surface area contributed by atoms with Gasteiger partial charge in [0.25, 0.3) is 5.91 Å². The van der Waals surface area contributed by atoms with Crippen LogP contribution in [0.15, 0.2) is 30.7 Å². The molecule has 0 aliphatic heterocycles. The molecule has 2 aromatic heterocycles. The minimum atomic E-state index is -0.255. The second kappa shape index (κ2) is 4.43. The molecule has 0 radical (unpaired) electrons. The number of carbonyl (C=O) groups is 1. The molecule has 6 nitrogen and oxygen atoms in total. The van der Waals surface area contributed by atoms with Gasteiger partial charge in [-0.3, -0.25) is 14.9 Å². The van der Waals surface area contributed by atoms with Crippen molar-refractivity contribution in [2.45, 2.75) is 6.54 Å². The van der Waals surface area contributed by atoms with Crippen LogP contribution in [0.2, 0.25) is 0 Å². The molecule has 0 bridgehead atoms. The second-order valence-corrected chi connectivity index (χ2v) is 3.24. The fourth-order valence-electron chi connectivity index (χ4n) is 1.26. The molecule has 4 N–H and O–H groups in total. The molecule has 6 heteroatoms. The van der Waals surface area contributed by atoms with Gasteiger partial charge in [-0.1, -0.05) is 6.07 Å². The Labute approximate surface area is 91.9 Å². The van der Waals surface area contributed by atoms with E-state index in [1.807, 2.05) is 12.1 Å². The molecule has 2 rings (SSSR count). The van der Waals surface area contributed by atoms with E-state index in [0.29, 0.717) is 12.1 Å². The third-order valence-electron chi connectivity index (χ3n) is 2.09. The van der Waals surface area contributed by atoms with Crippen molar-refractivity contribution in [2.75, 3.05) is 5.73 Å². The fraction of sp³-hybridized carbons (Fsp3) is 0.100. The Morgan fingerprint density at radius 3 is 3.00 bits per heavy atom. The number of nitrogens with two attached hydrogens (primary N) is 1. The Bertz CT molecular complexity index is 479. The van der Waals surface area contributed by atoms with Crippen LogP contribution in [0.4, 0.5) is 5.82 Å². The van der Waals surface area contributed by atoms with Gasteiger partial charge in [-0.25, -0.2) is 0 Å². The zero-order chi connectivity index (χ0) is 11.4. The van der Waals surface area contributed by atoms with Gasteiger partial charge < -0.3 is 11.1 Å². The van der Waals surface area contributed by atoms with Gasteiger partial charge in [-0.15, -0.1) is 0 Å². The summed E-state index contributed by atoms with van der Waals surface area (Å²) in [7, 11) is 0. The van der Waals surface area contributed by atoms with E-state index in [1.54, 1.807) is 12.4 Å². The number of nitrogen functional groups attached to an aromatic ring is 1. The van der Waals surface area contributed by atoms with Crippen LogP contribution >= 0.6 is 0 Å². The molecule has 2 heterocycles. The fourth-order valence-corrected chi connectivity index (χ4v) is 1.26. The van der Waals surface area contributed by atoms with Gasteiger partial charge >= 0.3 is 0 Å². The average Bonchev–Trinajstić information content (AvgIpc) is 2.74. The second-order valence-electron chi connectivity index (χ2n) is 3.24. The quantitative estimate of drug-likeness (QED) is 0.689. The summed E-state index contributed by atoms with van der Waals surface area (Å²) >= 11 is 0. The molecule has 0 atom stereocenters. The van der Waals surface area contributed by atoms with Crippen LogP contribution in [0, 0.1) is 0 Å². The molecule has 16 heavy (non-hydrogen) atoms. The number of anilines is 1. The molecular weight excluding hydrogens is 206 g/mol. The van der Waals surface area contributed by atoms with E-state index in [1.165, 1.54) is 6.20 Å². The number of carbonyl (C=O) groups excluding carboxylic acids is 1. The van der Waals surface area contributed by atoms with Crippen LogP contribution in [-0.2, 0) is 6.54 Å². The average molecular weight is 217 g/mol. The monoisotopic (exact) mass is 217 g/mol. The molecule has 0 unspecified atom stereocenters. The Morgan fingerprint density at radius 1 is 1.50 bits per heavy atom. The molecule has 0 saturated carbocycles. The minimum Gasteiger partial charge on any atom is -0.383 e. The molecule has 2 aromatic rings. The zero-order valence-electron chi connectivity index (χ0n) is 8.47. The summed E-state index contributed by atoms with van der Waals surface area (Å²) in [6.07, 6.45) is 4.77. The Kier molecular flexibility index (Phi) is 2.81. The molecular formula is C10H11N5O. The number of aromatic nitrogens is 3. The first-order valence-electron chi connectivity index (χ1n) is 4.73. The van der Waals surface area contributed by atoms with E-state index in [9.17, 15) is 4.79 Å². The van der Waals surface area contributed by atoms with Crippen LogP contribution in [-0.4, -0.2) is 21.1 Å². The lowest BCUT2D eigenvalue weighted by Gasteiger charge is -2.03. The molecule has 0 aromatic carbocycles. The highest BCUT2D eigenvalue weighted by atomic mass is 16.1. The third-order valence-corrected chi connectivity index (χ3v) is 2.09. The molecule has 0 fully saturated rings. The molecule has 0 aliphatic carbocycles. The summed E-state index contributed by atoms with van der Waals surface area (Å²) < 4.78 is 0. The number of nitrogens with one attached hydrogen (secondary N) is 2. The van der Waals surface area contributed by atoms with Crippen LogP contribution in [0.5, 0.6) is 0 Å². The van der Waals surface area contributed by atoms with Crippen molar-refractivity contribution in [1.82, 2.24) is 20.5 Å². The normalized spacial score (nSPS) is 10.0. The van der Waals surface area contributed by atoms with Crippen LogP contribution in [0.1, 0.15) is 15.9 Å². The summed E-state index contributed by atoms with van der Waals surface area (Å²) in [5.74, 6) is 0.0128. The molecule has 1 amide bonds. The van der Waals surface area contributed by atoms with Crippen molar-refractivity contribution in [1.29, 1.82) is 0 Å². The lowest BCUT2D eigenvalue weighted by Crippen LogP contribution is -2.23. The first-order chi connectivity index (χ1) is 7.77. The van der Waals surface area contributed by atoms with Crippen molar-refractivity contribution < 1.29 is 4.79 Å². The van der Waals surface area contributed by atoms with E-state index in [2.05, 4.69) is 20.5 Å². The summed E-state index contributed by atoms with van der Waals surface area (Å²) in [5.41, 5.74) is 6.80. The highest BCUT2D eigenvalue weighted by molar-refractivity contribution is 5.97. The number of rotatable bonds is 3. The van der Waals surface area contributed by atoms with Gasteiger partial charge in [0.05, 0.1) is 6.20 Å². The maximum atomic E-state index is 11.6. The topological polar surface area (TPSA) is 96.7 Å². The van der Waals surface area contributed by atoms with Crippen molar-refractivity contribution in [3.05, 3.63) is 41.9 Å². The maximum Gasteiger partial charge on any atom is 0.256 e. The number of hydrogen-bond donors (Lipinski definition) is 3. The highest BCUT2D eigenvalue weighted by Gasteiger charge is 2.10. The minimum absolute atomic E-state index is 0.255. The smallest absolute Gasteiger partial charge is 0.256 e. The molecule has 0 aliphatic rings. The summed E-state index contributed by atoms with van der Waals surface area (Å²) in [6, 6.07) is 3.69. The van der Waals surface area contributed by atoms with Crippen LogP contribution < -0.4 is 11.1 Å². The van der Waals surface area contributed by atoms with Crippen molar-refractivity contribution in [2.24, 2.45) is 0 Å². The van der Waals surface area contributed by atoms with E-state index < -0.39 is 0 Å². The summed E-state index contributed by atoms with van der Waals surface area (Å²) in [5, 5.41) is 8.90. The number of amides is 1. The van der Waals surface area contributed by atoms with Gasteiger partial charge in [-0.2, -0.15) is 5.10 Å². The Hall–Kier alpha value is -2.37. The van der Waals surface area contributed by atoms with Gasteiger partial charge in [0.2, 0.25) is 0 Å². The molecule has 0 saturated heterocycles. The largest absolute Gasteiger partial charge is 0.383 e. The highest BCUT2D eigenvalue weighted by Crippen LogP contribution is 2.05. The van der Waals surface area contributed by atoms with Crippen LogP contribution in [0.25, 0.3) is 0 Å². The standard InChI is InChI=1S/C10H11N5O/c11-9-8(6-14-15-9)10(16)13-5-7-2-1-3-12-4-7/h1-4,6H,5H2,(H,13,16)(H3,11,14,15).